The van der Waals surface area contributed by atoms with E-state index in [1.807, 2.05) is 0 Å². The Hall–Kier alpha value is 0. The summed E-state index contributed by atoms with van der Waals surface area (Å²) in [4.78, 5) is 0. The van der Waals surface area contributed by atoms with Crippen molar-refractivity contribution in [3.8, 4) is 0 Å². The van der Waals surface area contributed by atoms with Crippen molar-refractivity contribution in [2.75, 3.05) is 0 Å². The molecular weight excluding hydrogens is 216 g/mol. The van der Waals surface area contributed by atoms with Crippen LogP contribution < -0.4 is 0 Å². The zero-order valence-electron chi connectivity index (χ0n) is 13.1. The molecule has 0 spiro atoms. The van der Waals surface area contributed by atoms with Crippen LogP contribution in [0.15, 0.2) is 0 Å². The third-order valence-electron chi connectivity index (χ3n) is 5.95. The first kappa shape index (κ1) is 14.4. The summed E-state index contributed by atoms with van der Waals surface area (Å²) in [5, 5.41) is 0. The van der Waals surface area contributed by atoms with Crippen molar-refractivity contribution in [1.82, 2.24) is 0 Å². The van der Waals surface area contributed by atoms with Gasteiger partial charge in [-0.2, -0.15) is 0 Å². The van der Waals surface area contributed by atoms with E-state index in [-0.39, 0.29) is 0 Å². The second-order valence-electron chi connectivity index (χ2n) is 7.72. The van der Waals surface area contributed by atoms with Gasteiger partial charge in [0.15, 0.2) is 0 Å². The molecule has 0 aromatic heterocycles. The Labute approximate surface area is 115 Å². The molecule has 2 rings (SSSR count). The fraction of sp³-hybridized carbons (Fsp3) is 1.00. The van der Waals surface area contributed by atoms with E-state index >= 15 is 0 Å². The van der Waals surface area contributed by atoms with Crippen molar-refractivity contribution in [1.29, 1.82) is 0 Å². The minimum Gasteiger partial charge on any atom is -0.0625 e. The van der Waals surface area contributed by atoms with Crippen LogP contribution in [0.1, 0.15) is 79.1 Å². The Morgan fingerprint density at radius 2 is 1.33 bits per heavy atom. The summed E-state index contributed by atoms with van der Waals surface area (Å²) in [6.07, 6.45) is 12.2. The highest BCUT2D eigenvalue weighted by atomic mass is 14.4. The third kappa shape index (κ3) is 3.11. The average molecular weight is 250 g/mol. The molecule has 0 amide bonds. The molecule has 106 valence electrons. The van der Waals surface area contributed by atoms with Gasteiger partial charge in [-0.1, -0.05) is 66.2 Å². The summed E-state index contributed by atoms with van der Waals surface area (Å²) in [5.74, 6) is 5.94. The van der Waals surface area contributed by atoms with E-state index in [1.54, 1.807) is 12.8 Å². The van der Waals surface area contributed by atoms with E-state index in [1.165, 1.54) is 38.5 Å². The molecule has 0 nitrogen and oxygen atoms in total. The molecule has 2 saturated carbocycles. The first-order valence-electron chi connectivity index (χ1n) is 8.61. The van der Waals surface area contributed by atoms with Crippen molar-refractivity contribution in [3.63, 3.8) is 0 Å². The van der Waals surface area contributed by atoms with E-state index in [4.69, 9.17) is 0 Å². The molecule has 0 heterocycles. The van der Waals surface area contributed by atoms with E-state index in [0.717, 1.165) is 35.5 Å². The lowest BCUT2D eigenvalue weighted by Gasteiger charge is -2.47. The van der Waals surface area contributed by atoms with Crippen LogP contribution in [0.2, 0.25) is 0 Å². The normalized spacial score (nSPS) is 35.3. The molecule has 0 N–H and O–H groups in total. The van der Waals surface area contributed by atoms with Gasteiger partial charge in [0, 0.05) is 0 Å². The molecule has 0 saturated heterocycles. The summed E-state index contributed by atoms with van der Waals surface area (Å²) in [6.45, 7) is 9.90. The van der Waals surface area contributed by atoms with Crippen LogP contribution >= 0.6 is 0 Å². The second kappa shape index (κ2) is 6.44. The summed E-state index contributed by atoms with van der Waals surface area (Å²) in [5.41, 5.74) is 0. The molecule has 3 atom stereocenters. The molecule has 0 bridgehead atoms. The van der Waals surface area contributed by atoms with Gasteiger partial charge in [-0.3, -0.25) is 0 Å². The van der Waals surface area contributed by atoms with E-state index in [2.05, 4.69) is 27.7 Å². The van der Waals surface area contributed by atoms with Crippen molar-refractivity contribution in [2.45, 2.75) is 79.1 Å². The highest BCUT2D eigenvalue weighted by Gasteiger charge is 2.40. The fourth-order valence-corrected chi connectivity index (χ4v) is 5.17. The molecule has 0 radical (unpaired) electrons. The van der Waals surface area contributed by atoms with E-state index in [9.17, 15) is 0 Å². The molecule has 0 aromatic rings. The predicted molar refractivity (Wildman–Crippen MR) is 80.6 cm³/mol. The summed E-state index contributed by atoms with van der Waals surface area (Å²) < 4.78 is 0. The largest absolute Gasteiger partial charge is 0.0625 e. The van der Waals surface area contributed by atoms with Crippen LogP contribution in [0.25, 0.3) is 0 Å². The van der Waals surface area contributed by atoms with Crippen molar-refractivity contribution in [2.24, 2.45) is 35.5 Å². The van der Waals surface area contributed by atoms with Crippen LogP contribution in [0.4, 0.5) is 0 Å². The lowest BCUT2D eigenvalue weighted by atomic mass is 9.59. The highest BCUT2D eigenvalue weighted by molar-refractivity contribution is 4.89. The second-order valence-corrected chi connectivity index (χ2v) is 7.72. The van der Waals surface area contributed by atoms with Crippen molar-refractivity contribution < 1.29 is 0 Å². The number of hydrogen-bond donors (Lipinski definition) is 0. The maximum atomic E-state index is 2.49. The Balaban J connectivity index is 2.10. The maximum Gasteiger partial charge on any atom is -0.0329 e. The molecule has 0 heteroatoms. The van der Waals surface area contributed by atoms with Gasteiger partial charge in [-0.05, 0) is 48.3 Å². The fourth-order valence-electron chi connectivity index (χ4n) is 5.17. The SMILES string of the molecule is CC(C)C1CCCC(C2CCCCC2)C1C(C)C. The monoisotopic (exact) mass is 250 g/mol. The molecule has 2 fully saturated rings. The van der Waals surface area contributed by atoms with Gasteiger partial charge in [0.2, 0.25) is 0 Å². The number of hydrogen-bond acceptors (Lipinski definition) is 0. The lowest BCUT2D eigenvalue weighted by Crippen LogP contribution is -2.39. The van der Waals surface area contributed by atoms with E-state index in [0.29, 0.717) is 0 Å². The first-order valence-corrected chi connectivity index (χ1v) is 8.61. The van der Waals surface area contributed by atoms with Gasteiger partial charge in [0.05, 0.1) is 0 Å². The predicted octanol–water partition coefficient (Wildman–Crippen LogP) is 5.91. The molecule has 18 heavy (non-hydrogen) atoms. The van der Waals surface area contributed by atoms with Crippen molar-refractivity contribution >= 4 is 0 Å². The molecule has 0 aromatic carbocycles. The van der Waals surface area contributed by atoms with Crippen LogP contribution in [0.3, 0.4) is 0 Å². The highest BCUT2D eigenvalue weighted by Crippen LogP contribution is 2.48. The standard InChI is InChI=1S/C18H34/c1-13(2)16-11-8-12-17(18(16)14(3)4)15-9-6-5-7-10-15/h13-18H,5-12H2,1-4H3. The van der Waals surface area contributed by atoms with Crippen LogP contribution in [-0.4, -0.2) is 0 Å². The zero-order chi connectivity index (χ0) is 13.1. The summed E-state index contributed by atoms with van der Waals surface area (Å²) in [7, 11) is 0. The van der Waals surface area contributed by atoms with Crippen LogP contribution in [-0.2, 0) is 0 Å². The topological polar surface area (TPSA) is 0 Å². The van der Waals surface area contributed by atoms with E-state index < -0.39 is 0 Å². The van der Waals surface area contributed by atoms with Crippen molar-refractivity contribution in [3.05, 3.63) is 0 Å². The minimum absolute atomic E-state index is 0.892. The molecule has 2 aliphatic carbocycles. The Kier molecular flexibility index (Phi) is 5.15. The Morgan fingerprint density at radius 3 is 1.89 bits per heavy atom. The minimum atomic E-state index is 0.892. The Bertz CT molecular complexity index is 234. The van der Waals surface area contributed by atoms with Gasteiger partial charge in [0.25, 0.3) is 0 Å². The molecule has 3 unspecified atom stereocenters. The third-order valence-corrected chi connectivity index (χ3v) is 5.95. The van der Waals surface area contributed by atoms with Gasteiger partial charge >= 0.3 is 0 Å². The van der Waals surface area contributed by atoms with Gasteiger partial charge in [-0.15, -0.1) is 0 Å². The van der Waals surface area contributed by atoms with Gasteiger partial charge < -0.3 is 0 Å². The van der Waals surface area contributed by atoms with Gasteiger partial charge in [-0.25, -0.2) is 0 Å². The Morgan fingerprint density at radius 1 is 0.667 bits per heavy atom. The number of rotatable bonds is 3. The van der Waals surface area contributed by atoms with Gasteiger partial charge in [0.1, 0.15) is 0 Å². The lowest BCUT2D eigenvalue weighted by molar-refractivity contribution is 0.0267. The smallest absolute Gasteiger partial charge is 0.0329 e. The van der Waals surface area contributed by atoms with Crippen LogP contribution in [0.5, 0.6) is 0 Å². The molecular formula is C18H34. The molecule has 0 aliphatic heterocycles. The first-order chi connectivity index (χ1) is 8.61. The quantitative estimate of drug-likeness (QED) is 0.584. The zero-order valence-corrected chi connectivity index (χ0v) is 13.1. The summed E-state index contributed by atoms with van der Waals surface area (Å²) >= 11 is 0. The average Bonchev–Trinajstić information content (AvgIpc) is 2.38. The van der Waals surface area contributed by atoms with Crippen LogP contribution in [0, 0.1) is 35.5 Å². The molecule has 2 aliphatic rings. The maximum absolute atomic E-state index is 2.49. The summed E-state index contributed by atoms with van der Waals surface area (Å²) in [6, 6.07) is 0.